The van der Waals surface area contributed by atoms with E-state index in [1.807, 2.05) is 0 Å². The summed E-state index contributed by atoms with van der Waals surface area (Å²) >= 11 is 0. The number of ether oxygens (including phenoxy) is 2. The largest absolute Gasteiger partial charge is 0.454 e. The van der Waals surface area contributed by atoms with Crippen LogP contribution < -0.4 is 14.2 Å². The zero-order valence-corrected chi connectivity index (χ0v) is 11.9. The third-order valence-electron chi connectivity index (χ3n) is 3.20. The second-order valence-electron chi connectivity index (χ2n) is 4.63. The van der Waals surface area contributed by atoms with Crippen LogP contribution in [0.2, 0.25) is 0 Å². The molecule has 0 spiro atoms. The number of sulfonamides is 1. The number of hydrogen-bond acceptors (Lipinski definition) is 6. The fourth-order valence-corrected chi connectivity index (χ4v) is 3.19. The molecule has 1 aromatic carbocycles. The second kappa shape index (κ2) is 4.60. The van der Waals surface area contributed by atoms with Crippen LogP contribution in [-0.4, -0.2) is 29.8 Å². The summed E-state index contributed by atoms with van der Waals surface area (Å²) in [5, 5.41) is 7.55. The van der Waals surface area contributed by atoms with E-state index in [1.165, 1.54) is 23.0 Å². The molecule has 22 heavy (non-hydrogen) atoms. The van der Waals surface area contributed by atoms with Crippen molar-refractivity contribution in [2.45, 2.75) is 4.90 Å². The first kappa shape index (κ1) is 12.9. The lowest BCUT2D eigenvalue weighted by atomic mass is 10.3. The summed E-state index contributed by atoms with van der Waals surface area (Å²) in [6.07, 6.45) is 2.89. The highest BCUT2D eigenvalue weighted by Crippen LogP contribution is 2.34. The SMILES string of the molecule is O=S(=O)(Nc1ccc2c(c1)OCO2)c1ccc2nncn2c1. The first-order valence-corrected chi connectivity index (χ1v) is 7.82. The number of fused-ring (bicyclic) bond motifs is 2. The molecule has 9 heteroatoms. The van der Waals surface area contributed by atoms with Crippen molar-refractivity contribution >= 4 is 21.4 Å². The van der Waals surface area contributed by atoms with Gasteiger partial charge in [-0.15, -0.1) is 10.2 Å². The van der Waals surface area contributed by atoms with E-state index < -0.39 is 10.0 Å². The molecule has 0 atom stereocenters. The molecular weight excluding hydrogens is 308 g/mol. The Morgan fingerprint density at radius 2 is 2.00 bits per heavy atom. The van der Waals surface area contributed by atoms with Crippen molar-refractivity contribution in [2.24, 2.45) is 0 Å². The van der Waals surface area contributed by atoms with Crippen LogP contribution in [0.15, 0.2) is 47.8 Å². The van der Waals surface area contributed by atoms with Gasteiger partial charge in [-0.05, 0) is 24.3 Å². The van der Waals surface area contributed by atoms with Crippen LogP contribution in [0.5, 0.6) is 11.5 Å². The number of rotatable bonds is 3. The standard InChI is InChI=1S/C13H10N4O4S/c18-22(19,10-2-4-13-15-14-7-17(13)6-10)16-9-1-3-11-12(5-9)21-8-20-11/h1-7,16H,8H2. The smallest absolute Gasteiger partial charge is 0.263 e. The Labute approximate surface area is 125 Å². The van der Waals surface area contributed by atoms with Gasteiger partial charge in [-0.3, -0.25) is 9.12 Å². The summed E-state index contributed by atoms with van der Waals surface area (Å²) in [6, 6.07) is 7.91. The number of benzene rings is 1. The van der Waals surface area contributed by atoms with Crippen LogP contribution in [0, 0.1) is 0 Å². The van der Waals surface area contributed by atoms with E-state index in [1.54, 1.807) is 24.3 Å². The van der Waals surface area contributed by atoms with Gasteiger partial charge in [-0.1, -0.05) is 0 Å². The van der Waals surface area contributed by atoms with E-state index in [2.05, 4.69) is 14.9 Å². The van der Waals surface area contributed by atoms with Gasteiger partial charge in [-0.2, -0.15) is 0 Å². The van der Waals surface area contributed by atoms with Crippen LogP contribution in [0.25, 0.3) is 5.65 Å². The van der Waals surface area contributed by atoms with Crippen LogP contribution in [0.3, 0.4) is 0 Å². The fourth-order valence-electron chi connectivity index (χ4n) is 2.14. The Kier molecular flexibility index (Phi) is 2.70. The number of anilines is 1. The highest BCUT2D eigenvalue weighted by molar-refractivity contribution is 7.92. The molecule has 0 fully saturated rings. The van der Waals surface area contributed by atoms with Crippen LogP contribution in [0.1, 0.15) is 0 Å². The monoisotopic (exact) mass is 318 g/mol. The summed E-state index contributed by atoms with van der Waals surface area (Å²) in [4.78, 5) is 0.109. The lowest BCUT2D eigenvalue weighted by Crippen LogP contribution is -2.13. The zero-order chi connectivity index (χ0) is 15.2. The molecule has 0 unspecified atom stereocenters. The lowest BCUT2D eigenvalue weighted by Gasteiger charge is -2.09. The van der Waals surface area contributed by atoms with E-state index in [9.17, 15) is 8.42 Å². The highest BCUT2D eigenvalue weighted by atomic mass is 32.2. The van der Waals surface area contributed by atoms with Crippen molar-refractivity contribution in [2.75, 3.05) is 11.5 Å². The number of pyridine rings is 1. The summed E-state index contributed by atoms with van der Waals surface area (Å²) < 4.78 is 39.3. The maximum Gasteiger partial charge on any atom is 0.263 e. The molecule has 3 heterocycles. The van der Waals surface area contributed by atoms with Gasteiger partial charge in [0.1, 0.15) is 11.2 Å². The Hall–Kier alpha value is -2.81. The minimum absolute atomic E-state index is 0.109. The van der Waals surface area contributed by atoms with Gasteiger partial charge >= 0.3 is 0 Å². The minimum Gasteiger partial charge on any atom is -0.454 e. The molecule has 0 saturated carbocycles. The molecule has 0 radical (unpaired) electrons. The Balaban J connectivity index is 1.68. The van der Waals surface area contributed by atoms with Gasteiger partial charge in [0.25, 0.3) is 10.0 Å². The van der Waals surface area contributed by atoms with Crippen molar-refractivity contribution in [3.63, 3.8) is 0 Å². The summed E-state index contributed by atoms with van der Waals surface area (Å²) in [5.41, 5.74) is 0.968. The molecule has 8 nitrogen and oxygen atoms in total. The molecule has 2 aromatic heterocycles. The Morgan fingerprint density at radius 1 is 1.14 bits per heavy atom. The first-order chi connectivity index (χ1) is 10.6. The molecule has 112 valence electrons. The molecule has 3 aromatic rings. The third kappa shape index (κ3) is 2.11. The quantitative estimate of drug-likeness (QED) is 0.781. The molecule has 0 saturated heterocycles. The van der Waals surface area contributed by atoms with E-state index in [-0.39, 0.29) is 11.7 Å². The Morgan fingerprint density at radius 3 is 2.91 bits per heavy atom. The molecule has 0 amide bonds. The van der Waals surface area contributed by atoms with Gasteiger partial charge in [0, 0.05) is 12.3 Å². The molecule has 1 aliphatic heterocycles. The lowest BCUT2D eigenvalue weighted by molar-refractivity contribution is 0.174. The molecule has 1 aliphatic rings. The van der Waals surface area contributed by atoms with E-state index >= 15 is 0 Å². The third-order valence-corrected chi connectivity index (χ3v) is 4.57. The average molecular weight is 318 g/mol. The van der Waals surface area contributed by atoms with E-state index in [0.29, 0.717) is 22.8 Å². The van der Waals surface area contributed by atoms with Crippen LogP contribution >= 0.6 is 0 Å². The van der Waals surface area contributed by atoms with Gasteiger partial charge < -0.3 is 9.47 Å². The minimum atomic E-state index is -3.72. The molecule has 0 bridgehead atoms. The second-order valence-corrected chi connectivity index (χ2v) is 6.32. The van der Waals surface area contributed by atoms with Crippen molar-refractivity contribution < 1.29 is 17.9 Å². The topological polar surface area (TPSA) is 94.8 Å². The molecular formula is C13H10N4O4S. The molecule has 0 aliphatic carbocycles. The average Bonchev–Trinajstić information content (AvgIpc) is 3.14. The number of aromatic nitrogens is 3. The fraction of sp³-hybridized carbons (Fsp3) is 0.0769. The van der Waals surface area contributed by atoms with Crippen molar-refractivity contribution in [3.05, 3.63) is 42.9 Å². The maximum atomic E-state index is 12.4. The molecule has 4 rings (SSSR count). The summed E-state index contributed by atoms with van der Waals surface area (Å²) in [7, 11) is -3.72. The number of nitrogens with zero attached hydrogens (tertiary/aromatic N) is 3. The predicted octanol–water partition coefficient (Wildman–Crippen LogP) is 1.26. The molecule has 1 N–H and O–H groups in total. The van der Waals surface area contributed by atoms with Gasteiger partial charge in [-0.25, -0.2) is 8.42 Å². The number of hydrogen-bond donors (Lipinski definition) is 1. The normalized spacial score (nSPS) is 13.5. The summed E-state index contributed by atoms with van der Waals surface area (Å²) in [5.74, 6) is 1.10. The first-order valence-electron chi connectivity index (χ1n) is 6.34. The maximum absolute atomic E-state index is 12.4. The zero-order valence-electron chi connectivity index (χ0n) is 11.1. The van der Waals surface area contributed by atoms with Crippen LogP contribution in [-0.2, 0) is 10.0 Å². The summed E-state index contributed by atoms with van der Waals surface area (Å²) in [6.45, 7) is 0.135. The van der Waals surface area contributed by atoms with Gasteiger partial charge in [0.2, 0.25) is 6.79 Å². The van der Waals surface area contributed by atoms with E-state index in [4.69, 9.17) is 9.47 Å². The van der Waals surface area contributed by atoms with E-state index in [0.717, 1.165) is 0 Å². The van der Waals surface area contributed by atoms with Crippen molar-refractivity contribution in [1.82, 2.24) is 14.6 Å². The Bertz CT molecular complexity index is 967. The predicted molar refractivity (Wildman–Crippen MR) is 76.4 cm³/mol. The van der Waals surface area contributed by atoms with Gasteiger partial charge in [0.15, 0.2) is 17.1 Å². The number of nitrogens with one attached hydrogen (secondary N) is 1. The van der Waals surface area contributed by atoms with Crippen LogP contribution in [0.4, 0.5) is 5.69 Å². The highest BCUT2D eigenvalue weighted by Gasteiger charge is 2.18. The van der Waals surface area contributed by atoms with Crippen molar-refractivity contribution in [3.8, 4) is 11.5 Å². The van der Waals surface area contributed by atoms with Gasteiger partial charge in [0.05, 0.1) is 5.69 Å². The van der Waals surface area contributed by atoms with Crippen molar-refractivity contribution in [1.29, 1.82) is 0 Å².